The highest BCUT2D eigenvalue weighted by Gasteiger charge is 2.18. The average Bonchev–Trinajstić information content (AvgIpc) is 2.16. The van der Waals surface area contributed by atoms with Crippen LogP contribution in [0.5, 0.6) is 0 Å². The summed E-state index contributed by atoms with van der Waals surface area (Å²) in [5.74, 6) is 0. The zero-order valence-corrected chi connectivity index (χ0v) is 7.30. The first-order valence-corrected chi connectivity index (χ1v) is 4.01. The fourth-order valence-electron chi connectivity index (χ4n) is 1.04. The number of hydrogen-bond acceptors (Lipinski definition) is 4. The Balaban J connectivity index is 3.11. The first-order chi connectivity index (χ1) is 6.16. The number of rotatable bonds is 3. The van der Waals surface area contributed by atoms with E-state index in [1.54, 1.807) is 0 Å². The van der Waals surface area contributed by atoms with Gasteiger partial charge < -0.3 is 5.73 Å². The third kappa shape index (κ3) is 2.00. The average molecular weight is 181 g/mol. The Morgan fingerprint density at radius 3 is 3.00 bits per heavy atom. The van der Waals surface area contributed by atoms with E-state index in [1.165, 1.54) is 18.3 Å². The van der Waals surface area contributed by atoms with Gasteiger partial charge in [-0.3, -0.25) is 15.1 Å². The van der Waals surface area contributed by atoms with Crippen LogP contribution in [0.25, 0.3) is 0 Å². The van der Waals surface area contributed by atoms with Crippen molar-refractivity contribution in [1.29, 1.82) is 0 Å². The van der Waals surface area contributed by atoms with Crippen molar-refractivity contribution in [1.82, 2.24) is 4.98 Å². The van der Waals surface area contributed by atoms with Crippen LogP contribution in [0.2, 0.25) is 0 Å². The van der Waals surface area contributed by atoms with E-state index in [1.807, 2.05) is 6.92 Å². The molecule has 0 spiro atoms. The second-order valence-corrected chi connectivity index (χ2v) is 2.68. The number of nitrogens with zero attached hydrogens (tertiary/aromatic N) is 2. The van der Waals surface area contributed by atoms with E-state index in [0.29, 0.717) is 12.1 Å². The molecule has 0 bridgehead atoms. The van der Waals surface area contributed by atoms with Crippen LogP contribution in [0.4, 0.5) is 5.69 Å². The van der Waals surface area contributed by atoms with E-state index < -0.39 is 4.92 Å². The molecule has 0 fully saturated rings. The molecule has 0 saturated heterocycles. The highest BCUT2D eigenvalue weighted by Crippen LogP contribution is 2.22. The van der Waals surface area contributed by atoms with Gasteiger partial charge in [0.2, 0.25) is 0 Å². The molecular formula is C8H11N3O2. The summed E-state index contributed by atoms with van der Waals surface area (Å²) >= 11 is 0. The topological polar surface area (TPSA) is 82.0 Å². The summed E-state index contributed by atoms with van der Waals surface area (Å²) in [5, 5.41) is 10.6. The van der Waals surface area contributed by atoms with Crippen LogP contribution < -0.4 is 5.73 Å². The van der Waals surface area contributed by atoms with Gasteiger partial charge >= 0.3 is 0 Å². The number of nitrogens with two attached hydrogens (primary N) is 1. The third-order valence-electron chi connectivity index (χ3n) is 1.80. The van der Waals surface area contributed by atoms with Crippen LogP contribution in [-0.4, -0.2) is 9.91 Å². The molecule has 1 atom stereocenters. The normalized spacial score (nSPS) is 12.5. The number of aromatic nitrogens is 1. The van der Waals surface area contributed by atoms with E-state index in [4.69, 9.17) is 5.73 Å². The fourth-order valence-corrected chi connectivity index (χ4v) is 1.04. The molecule has 70 valence electrons. The predicted molar refractivity (Wildman–Crippen MR) is 48.1 cm³/mol. The lowest BCUT2D eigenvalue weighted by Gasteiger charge is -2.07. The van der Waals surface area contributed by atoms with Gasteiger partial charge in [-0.25, -0.2) is 0 Å². The summed E-state index contributed by atoms with van der Waals surface area (Å²) in [6.45, 7) is 1.86. The molecule has 1 aromatic heterocycles. The molecule has 0 aliphatic rings. The molecule has 0 aliphatic heterocycles. The van der Waals surface area contributed by atoms with Gasteiger partial charge in [-0.15, -0.1) is 0 Å². The van der Waals surface area contributed by atoms with E-state index in [9.17, 15) is 10.1 Å². The fraction of sp³-hybridized carbons (Fsp3) is 0.375. The molecule has 13 heavy (non-hydrogen) atoms. The zero-order chi connectivity index (χ0) is 9.84. The van der Waals surface area contributed by atoms with Gasteiger partial charge in [0.05, 0.1) is 11.0 Å². The Hall–Kier alpha value is -1.49. The molecule has 1 unspecified atom stereocenters. The summed E-state index contributed by atoms with van der Waals surface area (Å²) < 4.78 is 0. The van der Waals surface area contributed by atoms with Crippen molar-refractivity contribution in [2.75, 3.05) is 0 Å². The molecule has 0 aliphatic carbocycles. The molecule has 5 nitrogen and oxygen atoms in total. The molecule has 0 amide bonds. The van der Waals surface area contributed by atoms with Crippen LogP contribution in [0.3, 0.4) is 0 Å². The highest BCUT2D eigenvalue weighted by molar-refractivity contribution is 5.36. The van der Waals surface area contributed by atoms with Crippen LogP contribution in [0.15, 0.2) is 18.3 Å². The van der Waals surface area contributed by atoms with Crippen molar-refractivity contribution in [3.8, 4) is 0 Å². The van der Waals surface area contributed by atoms with Gasteiger partial charge in [0.15, 0.2) is 0 Å². The maximum absolute atomic E-state index is 10.6. The molecule has 0 aromatic carbocycles. The Morgan fingerprint density at radius 1 is 1.77 bits per heavy atom. The van der Waals surface area contributed by atoms with E-state index in [0.717, 1.165) is 0 Å². The van der Waals surface area contributed by atoms with E-state index in [2.05, 4.69) is 4.98 Å². The van der Waals surface area contributed by atoms with E-state index >= 15 is 0 Å². The van der Waals surface area contributed by atoms with E-state index in [-0.39, 0.29) is 11.7 Å². The SMILES string of the molecule is CCC(N)c1ncccc1[N+](=O)[O-]. The first-order valence-electron chi connectivity index (χ1n) is 4.01. The maximum Gasteiger partial charge on any atom is 0.292 e. The summed E-state index contributed by atoms with van der Waals surface area (Å²) in [7, 11) is 0. The van der Waals surface area contributed by atoms with Gasteiger partial charge in [-0.2, -0.15) is 0 Å². The van der Waals surface area contributed by atoms with Crippen molar-refractivity contribution in [3.63, 3.8) is 0 Å². The molecule has 0 saturated carbocycles. The largest absolute Gasteiger partial charge is 0.322 e. The highest BCUT2D eigenvalue weighted by atomic mass is 16.6. The van der Waals surface area contributed by atoms with Crippen molar-refractivity contribution in [2.24, 2.45) is 5.73 Å². The second-order valence-electron chi connectivity index (χ2n) is 2.68. The third-order valence-corrected chi connectivity index (χ3v) is 1.80. The molecule has 1 aromatic rings. The molecule has 1 rings (SSSR count). The van der Waals surface area contributed by atoms with Crippen molar-refractivity contribution in [3.05, 3.63) is 34.1 Å². The predicted octanol–water partition coefficient (Wildman–Crippen LogP) is 1.40. The standard InChI is InChI=1S/C8H11N3O2/c1-2-6(9)8-7(11(12)13)4-3-5-10-8/h3-6H,2,9H2,1H3. The van der Waals surface area contributed by atoms with Crippen molar-refractivity contribution < 1.29 is 4.92 Å². The summed E-state index contributed by atoms with van der Waals surface area (Å²) in [6.07, 6.45) is 2.15. The Bertz CT molecular complexity index is 314. The minimum Gasteiger partial charge on any atom is -0.322 e. The monoisotopic (exact) mass is 181 g/mol. The molecule has 1 heterocycles. The molecule has 2 N–H and O–H groups in total. The minimum absolute atomic E-state index is 0.00292. The zero-order valence-electron chi connectivity index (χ0n) is 7.30. The number of pyridine rings is 1. The Labute approximate surface area is 75.7 Å². The van der Waals surface area contributed by atoms with Crippen molar-refractivity contribution in [2.45, 2.75) is 19.4 Å². The summed E-state index contributed by atoms with van der Waals surface area (Å²) in [5.41, 5.74) is 6.02. The van der Waals surface area contributed by atoms with Gasteiger partial charge in [-0.05, 0) is 12.5 Å². The molecular weight excluding hydrogens is 170 g/mol. The lowest BCUT2D eigenvalue weighted by molar-refractivity contribution is -0.386. The van der Waals surface area contributed by atoms with Crippen LogP contribution in [0.1, 0.15) is 25.1 Å². The lowest BCUT2D eigenvalue weighted by atomic mass is 10.1. The summed E-state index contributed by atoms with van der Waals surface area (Å²) in [6, 6.07) is 2.59. The molecule has 0 radical (unpaired) electrons. The van der Waals surface area contributed by atoms with Crippen molar-refractivity contribution >= 4 is 5.69 Å². The minimum atomic E-state index is -0.460. The van der Waals surface area contributed by atoms with Gasteiger partial charge in [0.1, 0.15) is 5.69 Å². The van der Waals surface area contributed by atoms with Gasteiger partial charge in [0, 0.05) is 12.3 Å². The van der Waals surface area contributed by atoms with Crippen LogP contribution in [0, 0.1) is 10.1 Å². The Morgan fingerprint density at radius 2 is 2.46 bits per heavy atom. The second kappa shape index (κ2) is 3.95. The lowest BCUT2D eigenvalue weighted by Crippen LogP contribution is -2.12. The number of hydrogen-bond donors (Lipinski definition) is 1. The Kier molecular flexibility index (Phi) is 2.92. The quantitative estimate of drug-likeness (QED) is 0.564. The number of nitro groups is 1. The maximum atomic E-state index is 10.6. The van der Waals surface area contributed by atoms with Gasteiger partial charge in [0.25, 0.3) is 5.69 Å². The van der Waals surface area contributed by atoms with Crippen LogP contribution in [-0.2, 0) is 0 Å². The van der Waals surface area contributed by atoms with Gasteiger partial charge in [-0.1, -0.05) is 6.92 Å². The smallest absolute Gasteiger partial charge is 0.292 e. The summed E-state index contributed by atoms with van der Waals surface area (Å²) in [4.78, 5) is 14.0. The molecule has 5 heteroatoms. The first kappa shape index (κ1) is 9.60. The van der Waals surface area contributed by atoms with Crippen LogP contribution >= 0.6 is 0 Å².